The third-order valence-corrected chi connectivity index (χ3v) is 7.90. The fraction of sp³-hybridized carbons (Fsp3) is 0.103. The summed E-state index contributed by atoms with van der Waals surface area (Å²) in [6.45, 7) is 4.71. The molecule has 1 aliphatic rings. The molecule has 0 unspecified atom stereocenters. The Balaban J connectivity index is 1.71. The Morgan fingerprint density at radius 2 is 1.10 bits per heavy atom. The van der Waals surface area contributed by atoms with Gasteiger partial charge >= 0.3 is 0 Å². The van der Waals surface area contributed by atoms with Gasteiger partial charge in [-0.15, -0.1) is 0 Å². The molecular weight excluding hydrogens is 475 g/mol. The Labute approximate surface area is 190 Å². The monoisotopic (exact) mass is 496 g/mol. The molecule has 0 fully saturated rings. The molecule has 0 radical (unpaired) electrons. The van der Waals surface area contributed by atoms with E-state index in [0.717, 1.165) is 0 Å². The van der Waals surface area contributed by atoms with Crippen LogP contribution in [0.2, 0.25) is 0 Å². The fourth-order valence-corrected chi connectivity index (χ4v) is 6.19. The lowest BCUT2D eigenvalue weighted by Crippen LogP contribution is -2.14. The number of benzene rings is 5. The molecule has 144 valence electrons. The zero-order valence-corrected chi connectivity index (χ0v) is 19.2. The Bertz CT molecular complexity index is 1420. The molecule has 0 atom stereocenters. The molecule has 0 bridgehead atoms. The normalized spacial score (nSPS) is 14.1. The maximum atomic E-state index is 2.51. The molecule has 0 heterocycles. The minimum Gasteiger partial charge on any atom is -0.0619 e. The minimum absolute atomic E-state index is 0.0107. The third kappa shape index (κ3) is 2.39. The quantitative estimate of drug-likeness (QED) is 0.161. The van der Waals surface area contributed by atoms with Crippen LogP contribution in [0.15, 0.2) is 91.0 Å². The van der Waals surface area contributed by atoms with E-state index in [0.29, 0.717) is 0 Å². The maximum Gasteiger partial charge on any atom is 0.0287 e. The van der Waals surface area contributed by atoms with Crippen molar-refractivity contribution < 1.29 is 0 Å². The lowest BCUT2D eigenvalue weighted by molar-refractivity contribution is 0.660. The van der Waals surface area contributed by atoms with E-state index in [4.69, 9.17) is 0 Å². The second-order valence-electron chi connectivity index (χ2n) is 8.71. The van der Waals surface area contributed by atoms with Gasteiger partial charge in [0.1, 0.15) is 0 Å². The molecule has 0 spiro atoms. The van der Waals surface area contributed by atoms with E-state index < -0.39 is 0 Å². The number of hydrogen-bond donors (Lipinski definition) is 0. The number of fused-ring (bicyclic) bond motifs is 5. The molecule has 30 heavy (non-hydrogen) atoms. The van der Waals surface area contributed by atoms with E-state index >= 15 is 0 Å². The standard InChI is InChI=1S/C29H21I/c1-29(2)25-14-8-7-9-19(25)20-16-15-18(17-26(20)29)27-21-10-3-5-12-23(21)28(30)24-13-6-4-11-22(24)27/h3-17H,1-2H3. The summed E-state index contributed by atoms with van der Waals surface area (Å²) in [5.41, 5.74) is 8.26. The van der Waals surface area contributed by atoms with Gasteiger partial charge in [0.25, 0.3) is 0 Å². The van der Waals surface area contributed by atoms with E-state index in [1.807, 2.05) is 0 Å². The van der Waals surface area contributed by atoms with Crippen molar-refractivity contribution in [3.63, 3.8) is 0 Å². The highest BCUT2D eigenvalue weighted by atomic mass is 127. The van der Waals surface area contributed by atoms with Gasteiger partial charge in [0.2, 0.25) is 0 Å². The van der Waals surface area contributed by atoms with Crippen molar-refractivity contribution in [2.45, 2.75) is 19.3 Å². The summed E-state index contributed by atoms with van der Waals surface area (Å²) >= 11 is 2.51. The highest BCUT2D eigenvalue weighted by molar-refractivity contribution is 14.1. The third-order valence-electron chi connectivity index (χ3n) is 6.74. The summed E-state index contributed by atoms with van der Waals surface area (Å²) < 4.78 is 1.33. The van der Waals surface area contributed by atoms with E-state index in [-0.39, 0.29) is 5.41 Å². The summed E-state index contributed by atoms with van der Waals surface area (Å²) in [6, 6.07) is 33.6. The molecule has 1 heteroatoms. The Morgan fingerprint density at radius 3 is 1.77 bits per heavy atom. The summed E-state index contributed by atoms with van der Waals surface area (Å²) in [6.07, 6.45) is 0. The van der Waals surface area contributed by atoms with Crippen LogP contribution in [0.5, 0.6) is 0 Å². The van der Waals surface area contributed by atoms with Crippen LogP contribution in [-0.4, -0.2) is 0 Å². The van der Waals surface area contributed by atoms with Crippen LogP contribution in [0.4, 0.5) is 0 Å². The lowest BCUT2D eigenvalue weighted by Gasteiger charge is -2.22. The molecule has 0 saturated carbocycles. The zero-order valence-electron chi connectivity index (χ0n) is 17.0. The van der Waals surface area contributed by atoms with Gasteiger partial charge in [-0.25, -0.2) is 0 Å². The second-order valence-corrected chi connectivity index (χ2v) is 9.79. The molecule has 0 saturated heterocycles. The highest BCUT2D eigenvalue weighted by Crippen LogP contribution is 2.50. The van der Waals surface area contributed by atoms with Gasteiger partial charge < -0.3 is 0 Å². The van der Waals surface area contributed by atoms with Crippen molar-refractivity contribution in [3.8, 4) is 22.3 Å². The van der Waals surface area contributed by atoms with Crippen LogP contribution in [0.3, 0.4) is 0 Å². The van der Waals surface area contributed by atoms with Crippen molar-refractivity contribution in [2.75, 3.05) is 0 Å². The molecular formula is C29H21I. The van der Waals surface area contributed by atoms with Gasteiger partial charge in [-0.2, -0.15) is 0 Å². The van der Waals surface area contributed by atoms with Crippen LogP contribution in [0.1, 0.15) is 25.0 Å². The molecule has 6 rings (SSSR count). The lowest BCUT2D eigenvalue weighted by atomic mass is 9.81. The summed E-state index contributed by atoms with van der Waals surface area (Å²) in [5.74, 6) is 0. The Hall–Kier alpha value is -2.65. The van der Waals surface area contributed by atoms with Crippen LogP contribution in [-0.2, 0) is 5.41 Å². The first kappa shape index (κ1) is 18.1. The first-order valence-corrected chi connectivity index (χ1v) is 11.5. The predicted octanol–water partition coefficient (Wildman–Crippen LogP) is 8.57. The van der Waals surface area contributed by atoms with Gasteiger partial charge in [0, 0.05) is 8.99 Å². The second kappa shape index (κ2) is 6.42. The predicted molar refractivity (Wildman–Crippen MR) is 137 cm³/mol. The molecule has 5 aromatic carbocycles. The summed E-state index contributed by atoms with van der Waals surface area (Å²) in [7, 11) is 0. The number of rotatable bonds is 1. The van der Waals surface area contributed by atoms with Crippen molar-refractivity contribution in [1.29, 1.82) is 0 Å². The smallest absolute Gasteiger partial charge is 0.0287 e. The average molecular weight is 496 g/mol. The van der Waals surface area contributed by atoms with E-state index in [2.05, 4.69) is 127 Å². The molecule has 5 aromatic rings. The number of hydrogen-bond acceptors (Lipinski definition) is 0. The average Bonchev–Trinajstić information content (AvgIpc) is 3.01. The maximum absolute atomic E-state index is 2.51. The van der Waals surface area contributed by atoms with Crippen molar-refractivity contribution in [1.82, 2.24) is 0 Å². The first-order valence-electron chi connectivity index (χ1n) is 10.4. The van der Waals surface area contributed by atoms with E-state index in [1.165, 1.54) is 58.5 Å². The van der Waals surface area contributed by atoms with Gasteiger partial charge in [-0.05, 0) is 83.6 Å². The van der Waals surface area contributed by atoms with Crippen LogP contribution < -0.4 is 0 Å². The molecule has 0 nitrogen and oxygen atoms in total. The molecule has 0 N–H and O–H groups in total. The molecule has 0 aromatic heterocycles. The summed E-state index contributed by atoms with van der Waals surface area (Å²) in [5, 5.41) is 5.31. The highest BCUT2D eigenvalue weighted by Gasteiger charge is 2.35. The number of halogens is 1. The van der Waals surface area contributed by atoms with E-state index in [1.54, 1.807) is 0 Å². The van der Waals surface area contributed by atoms with Gasteiger partial charge in [0.05, 0.1) is 0 Å². The summed E-state index contributed by atoms with van der Waals surface area (Å²) in [4.78, 5) is 0. The Morgan fingerprint density at radius 1 is 0.567 bits per heavy atom. The van der Waals surface area contributed by atoms with Gasteiger partial charge in [0.15, 0.2) is 0 Å². The van der Waals surface area contributed by atoms with E-state index in [9.17, 15) is 0 Å². The van der Waals surface area contributed by atoms with Gasteiger partial charge in [-0.1, -0.05) is 98.8 Å². The zero-order chi connectivity index (χ0) is 20.5. The minimum atomic E-state index is 0.0107. The first-order chi connectivity index (χ1) is 14.6. The molecule has 0 amide bonds. The van der Waals surface area contributed by atoms with Crippen molar-refractivity contribution >= 4 is 44.1 Å². The van der Waals surface area contributed by atoms with Crippen LogP contribution >= 0.6 is 22.6 Å². The van der Waals surface area contributed by atoms with Crippen molar-refractivity contribution in [3.05, 3.63) is 106 Å². The van der Waals surface area contributed by atoms with Crippen LogP contribution in [0.25, 0.3) is 43.8 Å². The molecule has 0 aliphatic heterocycles. The SMILES string of the molecule is CC1(C)c2ccccc2-c2ccc(-c3c4ccccc4c(I)c4ccccc34)cc21. The van der Waals surface area contributed by atoms with Crippen molar-refractivity contribution in [2.24, 2.45) is 0 Å². The van der Waals surface area contributed by atoms with Gasteiger partial charge in [-0.3, -0.25) is 0 Å². The topological polar surface area (TPSA) is 0 Å². The molecule has 1 aliphatic carbocycles. The Kier molecular flexibility index (Phi) is 3.88. The fourth-order valence-electron chi connectivity index (χ4n) is 5.25. The largest absolute Gasteiger partial charge is 0.0619 e. The van der Waals surface area contributed by atoms with Crippen LogP contribution in [0, 0.1) is 3.57 Å².